The molecule has 0 bridgehead atoms. The molecule has 4 rings (SSSR count). The normalized spacial score (nSPS) is 13.8. The van der Waals surface area contributed by atoms with E-state index in [4.69, 9.17) is 20.8 Å². The van der Waals surface area contributed by atoms with Crippen LogP contribution in [0.2, 0.25) is 5.02 Å². The largest absolute Gasteiger partial charge is 0.494 e. The number of ether oxygens (including phenoxy) is 1. The summed E-state index contributed by atoms with van der Waals surface area (Å²) >= 11 is 7.38. The number of benzene rings is 2. The lowest BCUT2D eigenvalue weighted by molar-refractivity contribution is -0.113. The highest BCUT2D eigenvalue weighted by Crippen LogP contribution is 2.32. The van der Waals surface area contributed by atoms with Gasteiger partial charge in [-0.3, -0.25) is 4.79 Å². The molecule has 0 atom stereocenters. The van der Waals surface area contributed by atoms with Crippen LogP contribution in [-0.4, -0.2) is 41.6 Å². The Bertz CT molecular complexity index is 1050. The molecular formula is C23H25ClN4O3S. The highest BCUT2D eigenvalue weighted by molar-refractivity contribution is 7.99. The van der Waals surface area contributed by atoms with Gasteiger partial charge in [0.15, 0.2) is 0 Å². The Morgan fingerprint density at radius 2 is 1.94 bits per heavy atom. The molecule has 0 saturated carbocycles. The molecule has 0 radical (unpaired) electrons. The Hall–Kier alpha value is -2.71. The monoisotopic (exact) mass is 472 g/mol. The first-order valence-corrected chi connectivity index (χ1v) is 12.0. The maximum Gasteiger partial charge on any atom is 0.277 e. The van der Waals surface area contributed by atoms with Gasteiger partial charge in [-0.25, -0.2) is 0 Å². The third-order valence-electron chi connectivity index (χ3n) is 5.07. The van der Waals surface area contributed by atoms with E-state index in [0.717, 1.165) is 48.6 Å². The summed E-state index contributed by atoms with van der Waals surface area (Å²) in [6, 6.07) is 13.1. The van der Waals surface area contributed by atoms with Gasteiger partial charge in [0, 0.05) is 23.7 Å². The molecule has 7 nitrogen and oxygen atoms in total. The van der Waals surface area contributed by atoms with E-state index < -0.39 is 0 Å². The Kier molecular flexibility index (Phi) is 7.55. The predicted molar refractivity (Wildman–Crippen MR) is 128 cm³/mol. The number of amides is 1. The summed E-state index contributed by atoms with van der Waals surface area (Å²) in [4.78, 5) is 14.9. The zero-order valence-electron chi connectivity index (χ0n) is 17.8. The van der Waals surface area contributed by atoms with Gasteiger partial charge < -0.3 is 19.4 Å². The van der Waals surface area contributed by atoms with E-state index in [0.29, 0.717) is 22.7 Å². The fourth-order valence-corrected chi connectivity index (χ4v) is 4.31. The zero-order chi connectivity index (χ0) is 22.3. The topological polar surface area (TPSA) is 80.5 Å². The molecule has 1 aliphatic heterocycles. The van der Waals surface area contributed by atoms with Crippen molar-refractivity contribution in [2.24, 2.45) is 0 Å². The van der Waals surface area contributed by atoms with Gasteiger partial charge in [-0.05, 0) is 68.7 Å². The van der Waals surface area contributed by atoms with Crippen LogP contribution in [0.1, 0.15) is 26.2 Å². The SMILES string of the molecule is CCOc1ccc(-c2nnc(SCC(=O)Nc3cc(Cl)ccc3N3CCCCC3)o2)cc1. The maximum atomic E-state index is 12.6. The number of nitrogens with one attached hydrogen (secondary N) is 1. The maximum absolute atomic E-state index is 12.6. The van der Waals surface area contributed by atoms with Crippen LogP contribution in [0, 0.1) is 0 Å². The summed E-state index contributed by atoms with van der Waals surface area (Å²) in [5.41, 5.74) is 2.52. The van der Waals surface area contributed by atoms with Crippen LogP contribution in [0.5, 0.6) is 5.75 Å². The Labute approximate surface area is 196 Å². The van der Waals surface area contributed by atoms with Crippen LogP contribution in [0.25, 0.3) is 11.5 Å². The van der Waals surface area contributed by atoms with Gasteiger partial charge in [0.25, 0.3) is 5.22 Å². The zero-order valence-corrected chi connectivity index (χ0v) is 19.4. The predicted octanol–water partition coefficient (Wildman–Crippen LogP) is 5.51. The molecule has 1 fully saturated rings. The molecule has 1 aromatic heterocycles. The average Bonchev–Trinajstić information content (AvgIpc) is 3.28. The number of piperidine rings is 1. The fourth-order valence-electron chi connectivity index (χ4n) is 3.58. The van der Waals surface area contributed by atoms with Gasteiger partial charge in [-0.15, -0.1) is 10.2 Å². The van der Waals surface area contributed by atoms with E-state index in [1.165, 1.54) is 18.2 Å². The van der Waals surface area contributed by atoms with Crippen molar-refractivity contribution < 1.29 is 13.9 Å². The number of thioether (sulfide) groups is 1. The van der Waals surface area contributed by atoms with Crippen molar-refractivity contribution >= 4 is 40.6 Å². The van der Waals surface area contributed by atoms with Crippen molar-refractivity contribution in [3.63, 3.8) is 0 Å². The first-order valence-electron chi connectivity index (χ1n) is 10.7. The Morgan fingerprint density at radius 3 is 2.69 bits per heavy atom. The van der Waals surface area contributed by atoms with Crippen LogP contribution < -0.4 is 15.0 Å². The molecule has 0 aliphatic carbocycles. The number of nitrogens with zero attached hydrogens (tertiary/aromatic N) is 3. The van der Waals surface area contributed by atoms with Crippen LogP contribution in [0.4, 0.5) is 11.4 Å². The van der Waals surface area contributed by atoms with Crippen molar-refractivity contribution in [1.82, 2.24) is 10.2 Å². The van der Waals surface area contributed by atoms with Crippen molar-refractivity contribution in [2.45, 2.75) is 31.4 Å². The van der Waals surface area contributed by atoms with E-state index >= 15 is 0 Å². The minimum Gasteiger partial charge on any atom is -0.494 e. The number of hydrogen-bond donors (Lipinski definition) is 1. The number of rotatable bonds is 8. The molecule has 32 heavy (non-hydrogen) atoms. The lowest BCUT2D eigenvalue weighted by Gasteiger charge is -2.30. The van der Waals surface area contributed by atoms with E-state index in [9.17, 15) is 4.79 Å². The van der Waals surface area contributed by atoms with Gasteiger partial charge in [-0.1, -0.05) is 23.4 Å². The second-order valence-corrected chi connectivity index (χ2v) is 8.74. The average molecular weight is 473 g/mol. The number of aromatic nitrogens is 2. The quantitative estimate of drug-likeness (QED) is 0.433. The van der Waals surface area contributed by atoms with Crippen molar-refractivity contribution in [3.8, 4) is 17.2 Å². The van der Waals surface area contributed by atoms with E-state index in [1.807, 2.05) is 43.3 Å². The van der Waals surface area contributed by atoms with E-state index in [-0.39, 0.29) is 11.7 Å². The van der Waals surface area contributed by atoms with Crippen molar-refractivity contribution in [3.05, 3.63) is 47.5 Å². The molecule has 3 aromatic rings. The number of carbonyl (C=O) groups is 1. The minimum atomic E-state index is -0.156. The van der Waals surface area contributed by atoms with Crippen LogP contribution in [-0.2, 0) is 4.79 Å². The molecule has 2 heterocycles. The minimum absolute atomic E-state index is 0.150. The number of halogens is 1. The standard InChI is InChI=1S/C23H25ClN4O3S/c1-2-30-18-9-6-16(7-10-18)22-26-27-23(31-22)32-15-21(29)25-19-14-17(24)8-11-20(19)28-12-4-3-5-13-28/h6-11,14H,2-5,12-13,15H2,1H3,(H,25,29). The molecule has 1 N–H and O–H groups in total. The molecule has 1 amide bonds. The third kappa shape index (κ3) is 5.75. The van der Waals surface area contributed by atoms with E-state index in [2.05, 4.69) is 20.4 Å². The van der Waals surface area contributed by atoms with Gasteiger partial charge >= 0.3 is 0 Å². The highest BCUT2D eigenvalue weighted by atomic mass is 35.5. The molecule has 0 unspecified atom stereocenters. The number of carbonyl (C=O) groups excluding carboxylic acids is 1. The third-order valence-corrected chi connectivity index (χ3v) is 6.13. The van der Waals surface area contributed by atoms with Gasteiger partial charge in [0.1, 0.15) is 5.75 Å². The molecule has 2 aromatic carbocycles. The Balaban J connectivity index is 1.36. The molecule has 1 aliphatic rings. The van der Waals surface area contributed by atoms with Crippen LogP contribution in [0.3, 0.4) is 0 Å². The summed E-state index contributed by atoms with van der Waals surface area (Å²) in [7, 11) is 0. The summed E-state index contributed by atoms with van der Waals surface area (Å²) in [6.07, 6.45) is 3.55. The number of hydrogen-bond acceptors (Lipinski definition) is 7. The molecular weight excluding hydrogens is 448 g/mol. The van der Waals surface area contributed by atoms with Gasteiger partial charge in [-0.2, -0.15) is 0 Å². The number of anilines is 2. The fraction of sp³-hybridized carbons (Fsp3) is 0.348. The van der Waals surface area contributed by atoms with E-state index in [1.54, 1.807) is 6.07 Å². The van der Waals surface area contributed by atoms with Gasteiger partial charge in [0.05, 0.1) is 23.7 Å². The lowest BCUT2D eigenvalue weighted by atomic mass is 10.1. The highest BCUT2D eigenvalue weighted by Gasteiger charge is 2.17. The van der Waals surface area contributed by atoms with Crippen LogP contribution in [0.15, 0.2) is 52.1 Å². The molecule has 168 valence electrons. The smallest absolute Gasteiger partial charge is 0.277 e. The van der Waals surface area contributed by atoms with Crippen LogP contribution >= 0.6 is 23.4 Å². The summed E-state index contributed by atoms with van der Waals surface area (Å²) in [5, 5.41) is 12.0. The van der Waals surface area contributed by atoms with Gasteiger partial charge in [0.2, 0.25) is 11.8 Å². The summed E-state index contributed by atoms with van der Waals surface area (Å²) < 4.78 is 11.1. The molecule has 0 spiro atoms. The van der Waals surface area contributed by atoms with Crippen molar-refractivity contribution in [2.75, 3.05) is 35.7 Å². The second kappa shape index (κ2) is 10.7. The Morgan fingerprint density at radius 1 is 1.16 bits per heavy atom. The first kappa shape index (κ1) is 22.5. The first-order chi connectivity index (χ1) is 15.6. The lowest BCUT2D eigenvalue weighted by Crippen LogP contribution is -2.30. The summed E-state index contributed by atoms with van der Waals surface area (Å²) in [6.45, 7) is 4.51. The molecule has 9 heteroatoms. The second-order valence-electron chi connectivity index (χ2n) is 7.38. The molecule has 1 saturated heterocycles. The summed E-state index contributed by atoms with van der Waals surface area (Å²) in [5.74, 6) is 1.18. The van der Waals surface area contributed by atoms with Crippen molar-refractivity contribution in [1.29, 1.82) is 0 Å².